The smallest absolute Gasteiger partial charge is 0.334 e. The number of amides is 1. The van der Waals surface area contributed by atoms with Crippen molar-refractivity contribution in [1.82, 2.24) is 20.2 Å². The summed E-state index contributed by atoms with van der Waals surface area (Å²) in [6, 6.07) is 5.20. The van der Waals surface area contributed by atoms with Gasteiger partial charge in [0.25, 0.3) is 5.91 Å². The van der Waals surface area contributed by atoms with Crippen LogP contribution in [0.15, 0.2) is 29.3 Å². The minimum atomic E-state index is -4.73. The Morgan fingerprint density at radius 3 is 2.78 bits per heavy atom. The van der Waals surface area contributed by atoms with Gasteiger partial charge in [0.05, 0.1) is 37.0 Å². The van der Waals surface area contributed by atoms with Crippen LogP contribution in [0.1, 0.15) is 39.2 Å². The van der Waals surface area contributed by atoms with Gasteiger partial charge >= 0.3 is 6.18 Å². The average molecular weight is 568 g/mol. The summed E-state index contributed by atoms with van der Waals surface area (Å²) in [6.45, 7) is 1.88. The van der Waals surface area contributed by atoms with Gasteiger partial charge < -0.3 is 15.5 Å². The van der Waals surface area contributed by atoms with Crippen LogP contribution in [0.3, 0.4) is 0 Å². The number of aromatic nitrogens is 2. The first-order valence-electron chi connectivity index (χ1n) is 11.8. The molecule has 1 fully saturated rings. The lowest BCUT2D eigenvalue weighted by Crippen LogP contribution is -2.33. The second kappa shape index (κ2) is 9.33. The van der Waals surface area contributed by atoms with Crippen LogP contribution in [-0.4, -0.2) is 49.9 Å². The quantitative estimate of drug-likeness (QED) is 0.462. The minimum absolute atomic E-state index is 0.0607. The number of nitrogens with zero attached hydrogens (tertiary/aromatic N) is 3. The van der Waals surface area contributed by atoms with Crippen molar-refractivity contribution in [2.24, 2.45) is 0 Å². The normalized spacial score (nSPS) is 19.8. The highest BCUT2D eigenvalue weighted by molar-refractivity contribution is 7.85. The van der Waals surface area contributed by atoms with Crippen molar-refractivity contribution < 1.29 is 22.2 Å². The lowest BCUT2D eigenvalue weighted by atomic mass is 10.0. The van der Waals surface area contributed by atoms with Gasteiger partial charge in [-0.05, 0) is 55.1 Å². The Labute approximate surface area is 221 Å². The maximum Gasteiger partial charge on any atom is 0.420 e. The lowest BCUT2D eigenvalue weighted by Gasteiger charge is -2.19. The highest BCUT2D eigenvalue weighted by Crippen LogP contribution is 2.42. The molecule has 1 aromatic carbocycles. The monoisotopic (exact) mass is 567 g/mol. The Balaban J connectivity index is 1.40. The van der Waals surface area contributed by atoms with Crippen molar-refractivity contribution in [3.63, 3.8) is 0 Å². The van der Waals surface area contributed by atoms with E-state index in [1.54, 1.807) is 4.90 Å². The van der Waals surface area contributed by atoms with Gasteiger partial charge in [-0.3, -0.25) is 9.00 Å². The predicted octanol–water partition coefficient (Wildman–Crippen LogP) is 4.99. The molecule has 2 aliphatic heterocycles. The van der Waals surface area contributed by atoms with Crippen LogP contribution >= 0.6 is 22.9 Å². The molecule has 1 saturated carbocycles. The molecule has 1 aliphatic carbocycles. The number of carbonyl (C=O) groups excluding carboxylic acids is 1. The van der Waals surface area contributed by atoms with Gasteiger partial charge in [-0.25, -0.2) is 9.97 Å². The molecule has 194 valence electrons. The number of halogens is 4. The molecule has 0 radical (unpaired) electrons. The fraction of sp³-hybridized carbons (Fsp3) is 0.375. The van der Waals surface area contributed by atoms with E-state index in [1.807, 2.05) is 12.1 Å². The van der Waals surface area contributed by atoms with Gasteiger partial charge in [-0.15, -0.1) is 11.3 Å². The van der Waals surface area contributed by atoms with Crippen molar-refractivity contribution in [1.29, 1.82) is 0 Å². The van der Waals surface area contributed by atoms with E-state index in [0.717, 1.165) is 54.5 Å². The Kier molecular flexibility index (Phi) is 6.25. The summed E-state index contributed by atoms with van der Waals surface area (Å²) in [5.74, 6) is -0.0918. The van der Waals surface area contributed by atoms with Crippen molar-refractivity contribution in [3.05, 3.63) is 51.0 Å². The van der Waals surface area contributed by atoms with E-state index in [0.29, 0.717) is 23.8 Å². The van der Waals surface area contributed by atoms with Crippen LogP contribution in [-0.2, 0) is 29.9 Å². The summed E-state index contributed by atoms with van der Waals surface area (Å²) in [7, 11) is -1.50. The number of anilines is 2. The molecule has 13 heteroatoms. The summed E-state index contributed by atoms with van der Waals surface area (Å²) < 4.78 is 54.8. The molecule has 2 aromatic heterocycles. The molecule has 4 heterocycles. The van der Waals surface area contributed by atoms with E-state index < -0.39 is 22.5 Å². The summed E-state index contributed by atoms with van der Waals surface area (Å²) in [6.07, 6.45) is -1.44. The zero-order valence-corrected chi connectivity index (χ0v) is 21.7. The number of thiophene rings is 1. The molecule has 0 saturated heterocycles. The number of hydrogen-bond acceptors (Lipinski definition) is 7. The Hall–Kier alpha value is -2.54. The fourth-order valence-electron chi connectivity index (χ4n) is 4.62. The molecule has 2 N–H and O–H groups in total. The first-order valence-corrected chi connectivity index (χ1v) is 14.3. The number of carbonyl (C=O) groups is 1. The molecule has 1 atom stereocenters. The molecule has 7 nitrogen and oxygen atoms in total. The van der Waals surface area contributed by atoms with Gasteiger partial charge in [0.15, 0.2) is 0 Å². The Bertz CT molecular complexity index is 1440. The first kappa shape index (κ1) is 24.8. The molecule has 6 rings (SSSR count). The largest absolute Gasteiger partial charge is 0.420 e. The molecule has 0 bridgehead atoms. The van der Waals surface area contributed by atoms with Crippen molar-refractivity contribution in [3.8, 4) is 10.6 Å². The van der Waals surface area contributed by atoms with Crippen molar-refractivity contribution in [2.45, 2.75) is 42.9 Å². The van der Waals surface area contributed by atoms with Gasteiger partial charge in [0.2, 0.25) is 5.95 Å². The summed E-state index contributed by atoms with van der Waals surface area (Å²) in [5.41, 5.74) is 1.24. The number of nitrogens with one attached hydrogen (secondary N) is 2. The number of fused-ring (bicyclic) bond motifs is 2. The van der Waals surface area contributed by atoms with Gasteiger partial charge in [0, 0.05) is 31.1 Å². The maximum absolute atomic E-state index is 14.0. The lowest BCUT2D eigenvalue weighted by molar-refractivity contribution is -0.137. The highest BCUT2D eigenvalue weighted by atomic mass is 35.5. The fourth-order valence-corrected chi connectivity index (χ4v) is 7.47. The molecular weight excluding hydrogens is 547 g/mol. The van der Waals surface area contributed by atoms with Gasteiger partial charge in [-0.1, -0.05) is 11.6 Å². The topological polar surface area (TPSA) is 87.2 Å². The number of rotatable bonds is 4. The van der Waals surface area contributed by atoms with E-state index in [1.165, 1.54) is 6.07 Å². The van der Waals surface area contributed by atoms with E-state index in [4.69, 9.17) is 11.6 Å². The van der Waals surface area contributed by atoms with Gasteiger partial charge in [0.1, 0.15) is 10.4 Å². The van der Waals surface area contributed by atoms with Gasteiger partial charge in [-0.2, -0.15) is 13.2 Å². The van der Waals surface area contributed by atoms with Crippen LogP contribution in [0, 0.1) is 0 Å². The Morgan fingerprint density at radius 1 is 1.22 bits per heavy atom. The van der Waals surface area contributed by atoms with Crippen LogP contribution in [0.2, 0.25) is 5.02 Å². The minimum Gasteiger partial charge on any atom is -0.334 e. The number of hydrogen-bond donors (Lipinski definition) is 2. The SMILES string of the molecule is O=C1c2sc(-c3nc(Nc4cc5c(cc4Cl)CNCC5)ncc3C(F)(F)F)cc2S(=O)CCN1C1CC1. The van der Waals surface area contributed by atoms with Crippen LogP contribution in [0.4, 0.5) is 24.8 Å². The predicted molar refractivity (Wildman–Crippen MR) is 136 cm³/mol. The second-order valence-corrected chi connectivity index (χ2v) is 12.2. The molecule has 0 spiro atoms. The third-order valence-corrected chi connectivity index (χ3v) is 9.59. The van der Waals surface area contributed by atoms with Crippen LogP contribution in [0.25, 0.3) is 10.6 Å². The maximum atomic E-state index is 14.0. The molecule has 3 aliphatic rings. The molecule has 37 heavy (non-hydrogen) atoms. The molecule has 1 unspecified atom stereocenters. The second-order valence-electron chi connectivity index (χ2n) is 9.19. The zero-order valence-electron chi connectivity index (χ0n) is 19.3. The first-order chi connectivity index (χ1) is 17.7. The van der Waals surface area contributed by atoms with Crippen molar-refractivity contribution >= 4 is 51.3 Å². The zero-order chi connectivity index (χ0) is 25.9. The summed E-state index contributed by atoms with van der Waals surface area (Å²) >= 11 is 7.33. The molecule has 3 aromatic rings. The summed E-state index contributed by atoms with van der Waals surface area (Å²) in [4.78, 5) is 23.6. The molecular formula is C24H21ClF3N5O2S2. The third kappa shape index (κ3) is 4.75. The number of benzene rings is 1. The van der Waals surface area contributed by atoms with E-state index in [9.17, 15) is 22.2 Å². The number of alkyl halides is 3. The van der Waals surface area contributed by atoms with Crippen molar-refractivity contribution in [2.75, 3.05) is 24.2 Å². The highest BCUT2D eigenvalue weighted by Gasteiger charge is 2.40. The Morgan fingerprint density at radius 2 is 2.03 bits per heavy atom. The van der Waals surface area contributed by atoms with Crippen LogP contribution < -0.4 is 10.6 Å². The van der Waals surface area contributed by atoms with E-state index in [2.05, 4.69) is 20.6 Å². The van der Waals surface area contributed by atoms with E-state index in [-0.39, 0.29) is 44.0 Å². The third-order valence-electron chi connectivity index (χ3n) is 6.65. The summed E-state index contributed by atoms with van der Waals surface area (Å²) in [5, 5.41) is 6.63. The van der Waals surface area contributed by atoms with E-state index >= 15 is 0 Å². The average Bonchev–Trinajstić information content (AvgIpc) is 3.61. The molecule has 1 amide bonds. The van der Waals surface area contributed by atoms with Crippen LogP contribution in [0.5, 0.6) is 0 Å². The standard InChI is InChI=1S/C24H21ClF3N5O2S2/c25-16-7-13-10-29-4-3-12(13)8-17(16)31-23-30-11-15(24(26,27)28)20(32-23)18-9-19-21(36-18)22(34)33(14-1-2-14)5-6-37(19)35/h7-9,11,14,29H,1-6,10H2,(H,30,31,32).